The fourth-order valence-electron chi connectivity index (χ4n) is 0.150. The molecule has 0 heterocycles. The Bertz CT molecular complexity index is 275. The van der Waals surface area contributed by atoms with Crippen LogP contribution >= 0.6 is 17.9 Å². The summed E-state index contributed by atoms with van der Waals surface area (Å²) in [5.41, 5.74) is -2.73. The quantitative estimate of drug-likeness (QED) is 0.192. The van der Waals surface area contributed by atoms with E-state index in [1.807, 2.05) is 0 Å². The average molecular weight is 364 g/mol. The summed E-state index contributed by atoms with van der Waals surface area (Å²) in [7, 11) is -4.67. The van der Waals surface area contributed by atoms with Crippen molar-refractivity contribution in [3.05, 3.63) is 12.7 Å². The second kappa shape index (κ2) is 9.44. The van der Waals surface area contributed by atoms with Gasteiger partial charge in [-0.25, -0.2) is 0 Å². The van der Waals surface area contributed by atoms with E-state index >= 15 is 0 Å². The van der Waals surface area contributed by atoms with Crippen molar-refractivity contribution >= 4 is 40.1 Å². The zero-order valence-corrected chi connectivity index (χ0v) is 12.1. The molecule has 0 rings (SSSR count). The van der Waals surface area contributed by atoms with Gasteiger partial charge in [0.2, 0.25) is 5.69 Å². The molecule has 6 nitrogen and oxygen atoms in total. The molecule has 0 saturated heterocycles. The minimum Gasteiger partial charge on any atom is -0.338 e. The number of hydrogen-bond acceptors (Lipinski definition) is 4. The molecule has 0 aliphatic rings. The molecule has 0 aromatic heterocycles. The Labute approximate surface area is 107 Å². The van der Waals surface area contributed by atoms with E-state index in [4.69, 9.17) is 22.4 Å². The van der Waals surface area contributed by atoms with Crippen molar-refractivity contribution in [1.82, 2.24) is 0 Å². The molecule has 0 fully saturated rings. The van der Waals surface area contributed by atoms with Crippen LogP contribution in [0.3, 0.4) is 0 Å². The van der Waals surface area contributed by atoms with Crippen LogP contribution in [-0.2, 0) is 47.8 Å². The van der Waals surface area contributed by atoms with Crippen LogP contribution in [0.25, 0.3) is 0 Å². The second-order valence-electron chi connectivity index (χ2n) is 1.52. The van der Waals surface area contributed by atoms with Gasteiger partial charge in [-0.1, -0.05) is 18.3 Å². The predicted molar refractivity (Wildman–Crippen MR) is 55.8 cm³/mol. The molecule has 3 N–H and O–H groups in total. The predicted octanol–water partition coefficient (Wildman–Crippen LogP) is 0.680. The van der Waals surface area contributed by atoms with Crippen molar-refractivity contribution in [1.29, 1.82) is 0 Å². The standard InChI is InChI=1S/C3H7O2PS2.Mo.H2O4S/c1-2-3-5-6(4,7)8;;1-5(2,3)4/h2H,1,3H2,(H2,4,7,8);;(H2,1,2,3,4). The average Bonchev–Trinajstić information content (AvgIpc) is 1.77. The fraction of sp³-hybridized carbons (Fsp3) is 0.333. The first-order valence-corrected chi connectivity index (χ1v) is 7.79. The van der Waals surface area contributed by atoms with Crippen LogP contribution in [0.4, 0.5) is 0 Å². The summed E-state index contributed by atoms with van der Waals surface area (Å²) in [6, 6.07) is 0. The molecule has 11 heteroatoms. The van der Waals surface area contributed by atoms with Gasteiger partial charge >= 0.3 is 10.4 Å². The van der Waals surface area contributed by atoms with E-state index in [1.165, 1.54) is 6.08 Å². The van der Waals surface area contributed by atoms with Crippen LogP contribution in [0.15, 0.2) is 12.7 Å². The second-order valence-corrected chi connectivity index (χ2v) is 7.58. The Hall–Kier alpha value is 1.22. The topological polar surface area (TPSA) is 104 Å². The zero-order chi connectivity index (χ0) is 11.1. The van der Waals surface area contributed by atoms with Crippen LogP contribution in [0.1, 0.15) is 0 Å². The Morgan fingerprint density at radius 1 is 1.57 bits per heavy atom. The largest absolute Gasteiger partial charge is 0.394 e. The normalized spacial score (nSPS) is 14.0. The first-order valence-electron chi connectivity index (χ1n) is 2.57. The fourth-order valence-corrected chi connectivity index (χ4v) is 0.832. The Morgan fingerprint density at radius 3 is 1.93 bits per heavy atom. The summed E-state index contributed by atoms with van der Waals surface area (Å²) in [5, 5.41) is 0. The molecule has 0 aliphatic carbocycles. The minimum atomic E-state index is -4.67. The number of thiol groups is 1. The maximum Gasteiger partial charge on any atom is 0.394 e. The van der Waals surface area contributed by atoms with Crippen LogP contribution in [0, 0.1) is 0 Å². The van der Waals surface area contributed by atoms with Gasteiger partial charge in [0.25, 0.3) is 0 Å². The third-order valence-corrected chi connectivity index (χ3v) is 1.51. The van der Waals surface area contributed by atoms with Gasteiger partial charge in [0, 0.05) is 21.1 Å². The summed E-state index contributed by atoms with van der Waals surface area (Å²) >= 11 is 8.01. The van der Waals surface area contributed by atoms with Gasteiger partial charge in [-0.05, 0) is 11.8 Å². The molecule has 0 amide bonds. The van der Waals surface area contributed by atoms with Crippen molar-refractivity contribution in [2.24, 2.45) is 0 Å². The summed E-state index contributed by atoms with van der Waals surface area (Å²) in [6.07, 6.45) is 1.51. The summed E-state index contributed by atoms with van der Waals surface area (Å²) < 4.78 is 36.2. The van der Waals surface area contributed by atoms with Gasteiger partial charge in [0.15, 0.2) is 0 Å². The monoisotopic (exact) mass is 366 g/mol. The van der Waals surface area contributed by atoms with Crippen molar-refractivity contribution in [2.45, 2.75) is 0 Å². The third-order valence-electron chi connectivity index (χ3n) is 0.361. The van der Waals surface area contributed by atoms with Gasteiger partial charge in [0.1, 0.15) is 0 Å². The van der Waals surface area contributed by atoms with Gasteiger partial charge in [-0.15, -0.1) is 6.58 Å². The summed E-state index contributed by atoms with van der Waals surface area (Å²) in [4.78, 5) is 8.67. The van der Waals surface area contributed by atoms with Crippen LogP contribution < -0.4 is 0 Å². The van der Waals surface area contributed by atoms with Crippen molar-refractivity contribution in [3.63, 3.8) is 0 Å². The first-order chi connectivity index (χ1) is 5.56. The Morgan fingerprint density at radius 2 is 1.86 bits per heavy atom. The molecule has 0 spiro atoms. The van der Waals surface area contributed by atoms with Crippen LogP contribution in [0.2, 0.25) is 0 Å². The van der Waals surface area contributed by atoms with Crippen molar-refractivity contribution in [2.75, 3.05) is 6.61 Å². The third kappa shape index (κ3) is 51.0. The van der Waals surface area contributed by atoms with Gasteiger partial charge in [0.05, 0.1) is 6.61 Å². The molecule has 0 radical (unpaired) electrons. The van der Waals surface area contributed by atoms with Gasteiger partial charge < -0.3 is 9.42 Å². The molecular formula is C3H9MoO6PS3. The molecule has 1 unspecified atom stereocenters. The van der Waals surface area contributed by atoms with Crippen LogP contribution in [-0.4, -0.2) is 29.0 Å². The Kier molecular flexibility index (Phi) is 13.9. The van der Waals surface area contributed by atoms with Crippen LogP contribution in [0.5, 0.6) is 0 Å². The van der Waals surface area contributed by atoms with E-state index in [-0.39, 0.29) is 27.7 Å². The molecule has 0 aromatic rings. The molecule has 86 valence electrons. The van der Waals surface area contributed by atoms with Crippen molar-refractivity contribution in [3.8, 4) is 0 Å². The van der Waals surface area contributed by atoms with E-state index in [1.54, 1.807) is 0 Å². The van der Waals surface area contributed by atoms with E-state index in [0.717, 1.165) is 0 Å². The van der Waals surface area contributed by atoms with Gasteiger partial charge in [-0.3, -0.25) is 9.11 Å². The molecule has 14 heavy (non-hydrogen) atoms. The van der Waals surface area contributed by atoms with E-state index in [0.29, 0.717) is 0 Å². The van der Waals surface area contributed by atoms with Crippen molar-refractivity contribution < 1.29 is 48.0 Å². The maximum absolute atomic E-state index is 8.74. The number of hydrogen-bond donors (Lipinski definition) is 4. The van der Waals surface area contributed by atoms with E-state index in [9.17, 15) is 0 Å². The van der Waals surface area contributed by atoms with E-state index < -0.39 is 16.1 Å². The SMILES string of the molecule is C=CCOP(O)(=S)S.O=S(=O)(O)O.[Mo]. The maximum atomic E-state index is 8.74. The molecule has 0 bridgehead atoms. The van der Waals surface area contributed by atoms with E-state index in [2.05, 4.69) is 35.2 Å². The molecule has 0 aliphatic heterocycles. The molecule has 0 aromatic carbocycles. The zero-order valence-electron chi connectivity index (χ0n) is 6.68. The van der Waals surface area contributed by atoms with Gasteiger partial charge in [-0.2, -0.15) is 8.42 Å². The Balaban J connectivity index is -0.000000177. The molecular weight excluding hydrogens is 355 g/mol. The summed E-state index contributed by atoms with van der Waals surface area (Å²) in [5.74, 6) is 0. The first kappa shape index (κ1) is 20.6. The minimum absolute atomic E-state index is 0. The molecule has 0 saturated carbocycles. The smallest absolute Gasteiger partial charge is 0.338 e. The number of rotatable bonds is 3. The molecule has 1 atom stereocenters. The summed E-state index contributed by atoms with van der Waals surface area (Å²) in [6.45, 7) is 3.63.